The summed E-state index contributed by atoms with van der Waals surface area (Å²) >= 11 is 0. The van der Waals surface area contributed by atoms with E-state index in [0.717, 1.165) is 18.2 Å². The van der Waals surface area contributed by atoms with E-state index in [1.54, 1.807) is 0 Å². The second-order valence-corrected chi connectivity index (χ2v) is 14.3. The standard InChI is InChI=1S/C22H28F4N2O5S2/c23-15-3-4-17(18(14-15)28-35(32,33)16-2-1-12-34(30,31)13-5-16)19(29)27-21-9-6-20(7-10-21,8-11-21)22(24,25)26/h3-4,14,16,28H,1-2,5-13H2,(H,27,29). The summed E-state index contributed by atoms with van der Waals surface area (Å²) in [6.45, 7) is 0. The molecule has 35 heavy (non-hydrogen) atoms. The van der Waals surface area contributed by atoms with Gasteiger partial charge in [0, 0.05) is 5.54 Å². The Hall–Kier alpha value is -1.89. The fourth-order valence-electron chi connectivity index (χ4n) is 5.54. The van der Waals surface area contributed by atoms with Crippen molar-refractivity contribution >= 4 is 31.5 Å². The summed E-state index contributed by atoms with van der Waals surface area (Å²) in [6, 6.07) is 3.00. The van der Waals surface area contributed by atoms with Gasteiger partial charge in [0.15, 0.2) is 0 Å². The number of nitrogens with one attached hydrogen (secondary N) is 2. The van der Waals surface area contributed by atoms with Gasteiger partial charge in [-0.05, 0) is 76.0 Å². The van der Waals surface area contributed by atoms with E-state index in [4.69, 9.17) is 0 Å². The number of benzene rings is 1. The first-order valence-electron chi connectivity index (χ1n) is 11.6. The Morgan fingerprint density at radius 2 is 1.63 bits per heavy atom. The third-order valence-electron chi connectivity index (χ3n) is 7.88. The maximum absolute atomic E-state index is 14.0. The van der Waals surface area contributed by atoms with Gasteiger partial charge in [0.05, 0.1) is 33.4 Å². The minimum absolute atomic E-state index is 0.0930. The van der Waals surface area contributed by atoms with Crippen LogP contribution in [0.25, 0.3) is 0 Å². The zero-order valence-electron chi connectivity index (χ0n) is 19.0. The summed E-state index contributed by atoms with van der Waals surface area (Å²) in [5.41, 5.74) is -2.99. The molecule has 3 saturated carbocycles. The summed E-state index contributed by atoms with van der Waals surface area (Å²) in [6.07, 6.45) is -3.96. The summed E-state index contributed by atoms with van der Waals surface area (Å²) in [5, 5.41) is 1.78. The monoisotopic (exact) mass is 540 g/mol. The van der Waals surface area contributed by atoms with Gasteiger partial charge in [-0.15, -0.1) is 0 Å². The van der Waals surface area contributed by atoms with Crippen molar-refractivity contribution in [1.29, 1.82) is 0 Å². The van der Waals surface area contributed by atoms with Crippen molar-refractivity contribution in [2.45, 2.75) is 74.8 Å². The van der Waals surface area contributed by atoms with Crippen molar-refractivity contribution < 1.29 is 39.2 Å². The molecule has 0 aromatic heterocycles. The molecule has 2 N–H and O–H groups in total. The third-order valence-corrected chi connectivity index (χ3v) is 11.5. The number of hydrogen-bond donors (Lipinski definition) is 2. The molecule has 1 heterocycles. The zero-order valence-corrected chi connectivity index (χ0v) is 20.6. The Balaban J connectivity index is 1.52. The van der Waals surface area contributed by atoms with E-state index in [0.29, 0.717) is 0 Å². The summed E-state index contributed by atoms with van der Waals surface area (Å²) in [7, 11) is -7.48. The number of carbonyl (C=O) groups excluding carboxylic acids is 1. The molecule has 4 fully saturated rings. The van der Waals surface area contributed by atoms with Gasteiger partial charge in [0.2, 0.25) is 10.0 Å². The summed E-state index contributed by atoms with van der Waals surface area (Å²) in [4.78, 5) is 13.1. The maximum atomic E-state index is 14.0. The number of sulfone groups is 1. The van der Waals surface area contributed by atoms with Crippen LogP contribution in [0.3, 0.4) is 0 Å². The fourth-order valence-corrected chi connectivity index (χ4v) is 8.69. The van der Waals surface area contributed by atoms with Crippen LogP contribution < -0.4 is 10.0 Å². The number of alkyl halides is 3. The van der Waals surface area contributed by atoms with Gasteiger partial charge in [-0.3, -0.25) is 9.52 Å². The molecule has 1 amide bonds. The van der Waals surface area contributed by atoms with Gasteiger partial charge in [0.1, 0.15) is 15.7 Å². The van der Waals surface area contributed by atoms with Crippen LogP contribution in [-0.2, 0) is 19.9 Å². The van der Waals surface area contributed by atoms with Crippen molar-refractivity contribution in [2.24, 2.45) is 5.41 Å². The zero-order chi connectivity index (χ0) is 25.7. The van der Waals surface area contributed by atoms with Crippen LogP contribution in [-0.4, -0.2) is 51.2 Å². The molecule has 3 aliphatic carbocycles. The van der Waals surface area contributed by atoms with Crippen LogP contribution in [0, 0.1) is 11.2 Å². The van der Waals surface area contributed by atoms with E-state index >= 15 is 0 Å². The van der Waals surface area contributed by atoms with Crippen LogP contribution in [0.1, 0.15) is 68.1 Å². The molecule has 1 aromatic carbocycles. The molecule has 1 unspecified atom stereocenters. The molecular formula is C22H28F4N2O5S2. The number of anilines is 1. The first kappa shape index (κ1) is 26.2. The van der Waals surface area contributed by atoms with Crippen LogP contribution in [0.15, 0.2) is 18.2 Å². The lowest BCUT2D eigenvalue weighted by atomic mass is 9.57. The smallest absolute Gasteiger partial charge is 0.347 e. The SMILES string of the molecule is O=C(NC12CCC(C(F)(F)F)(CC1)CC2)c1ccc(F)cc1NS(=O)(=O)C1CCCS(=O)(=O)CC1. The molecule has 1 atom stereocenters. The van der Waals surface area contributed by atoms with Crippen molar-refractivity contribution in [1.82, 2.24) is 5.32 Å². The Morgan fingerprint density at radius 1 is 1.00 bits per heavy atom. The largest absolute Gasteiger partial charge is 0.394 e. The third kappa shape index (κ3) is 5.30. The van der Waals surface area contributed by atoms with Crippen molar-refractivity contribution in [3.8, 4) is 0 Å². The summed E-state index contributed by atoms with van der Waals surface area (Å²) < 4.78 is 106. The number of rotatable bonds is 5. The molecule has 0 radical (unpaired) electrons. The number of sulfonamides is 1. The lowest BCUT2D eigenvalue weighted by Gasteiger charge is -2.53. The van der Waals surface area contributed by atoms with Gasteiger partial charge in [-0.2, -0.15) is 13.2 Å². The predicted molar refractivity (Wildman–Crippen MR) is 122 cm³/mol. The average molecular weight is 541 g/mol. The van der Waals surface area contributed by atoms with Crippen molar-refractivity contribution in [3.63, 3.8) is 0 Å². The molecule has 7 nitrogen and oxygen atoms in total. The first-order chi connectivity index (χ1) is 16.2. The number of amides is 1. The van der Waals surface area contributed by atoms with Crippen LogP contribution >= 0.6 is 0 Å². The van der Waals surface area contributed by atoms with Crippen LogP contribution in [0.2, 0.25) is 0 Å². The number of fused-ring (bicyclic) bond motifs is 3. The van der Waals surface area contributed by atoms with E-state index in [2.05, 4.69) is 10.0 Å². The quantitative estimate of drug-likeness (QED) is 0.551. The normalized spacial score (nSPS) is 30.9. The highest BCUT2D eigenvalue weighted by Gasteiger charge is 2.61. The average Bonchev–Trinajstić information content (AvgIpc) is 2.94. The number of carbonyl (C=O) groups is 1. The second kappa shape index (κ2) is 8.89. The Morgan fingerprint density at radius 3 is 2.23 bits per heavy atom. The molecule has 1 aromatic rings. The molecule has 0 spiro atoms. The van der Waals surface area contributed by atoms with Gasteiger partial charge in [-0.25, -0.2) is 21.2 Å². The molecular weight excluding hydrogens is 512 g/mol. The fraction of sp³-hybridized carbons (Fsp3) is 0.682. The van der Waals surface area contributed by atoms with E-state index in [1.807, 2.05) is 0 Å². The topological polar surface area (TPSA) is 109 Å². The van der Waals surface area contributed by atoms with Gasteiger partial charge >= 0.3 is 6.18 Å². The van der Waals surface area contributed by atoms with Crippen molar-refractivity contribution in [2.75, 3.05) is 16.2 Å². The molecule has 2 bridgehead atoms. The summed E-state index contributed by atoms with van der Waals surface area (Å²) in [5.74, 6) is -1.87. The van der Waals surface area contributed by atoms with E-state index in [9.17, 15) is 39.2 Å². The lowest BCUT2D eigenvalue weighted by molar-refractivity contribution is -0.253. The highest BCUT2D eigenvalue weighted by atomic mass is 32.2. The Kier molecular flexibility index (Phi) is 6.65. The van der Waals surface area contributed by atoms with Gasteiger partial charge in [-0.1, -0.05) is 0 Å². The minimum atomic E-state index is -4.30. The Labute approximate surface area is 202 Å². The lowest BCUT2D eigenvalue weighted by Crippen LogP contribution is -2.59. The first-order valence-corrected chi connectivity index (χ1v) is 14.9. The molecule has 196 valence electrons. The molecule has 5 rings (SSSR count). The Bertz CT molecular complexity index is 1190. The molecule has 1 saturated heterocycles. The van der Waals surface area contributed by atoms with Gasteiger partial charge < -0.3 is 5.32 Å². The van der Waals surface area contributed by atoms with Crippen LogP contribution in [0.4, 0.5) is 23.2 Å². The molecule has 1 aliphatic heterocycles. The molecule has 4 aliphatic rings. The second-order valence-electron chi connectivity index (χ2n) is 10.1. The highest BCUT2D eigenvalue weighted by molar-refractivity contribution is 7.93. The van der Waals surface area contributed by atoms with E-state index in [-0.39, 0.29) is 80.5 Å². The van der Waals surface area contributed by atoms with E-state index in [1.165, 1.54) is 0 Å². The molecule has 13 heteroatoms. The maximum Gasteiger partial charge on any atom is 0.394 e. The number of halogens is 4. The minimum Gasteiger partial charge on any atom is -0.347 e. The van der Waals surface area contributed by atoms with Crippen molar-refractivity contribution in [3.05, 3.63) is 29.6 Å². The number of hydrogen-bond acceptors (Lipinski definition) is 5. The highest BCUT2D eigenvalue weighted by Crippen LogP contribution is 2.59. The predicted octanol–water partition coefficient (Wildman–Crippen LogP) is 3.92. The van der Waals surface area contributed by atoms with Gasteiger partial charge in [0.25, 0.3) is 5.91 Å². The van der Waals surface area contributed by atoms with Crippen LogP contribution in [0.5, 0.6) is 0 Å². The van der Waals surface area contributed by atoms with E-state index < -0.39 is 54.0 Å².